The number of H-pyrrole nitrogens is 1. The highest BCUT2D eigenvalue weighted by molar-refractivity contribution is 6.42. The Morgan fingerprint density at radius 2 is 1.74 bits per heavy atom. The summed E-state index contributed by atoms with van der Waals surface area (Å²) in [6, 6.07) is 8.69. The van der Waals surface area contributed by atoms with Crippen LogP contribution >= 0.6 is 46.4 Å². The van der Waals surface area contributed by atoms with Crippen LogP contribution in [0, 0.1) is 0 Å². The van der Waals surface area contributed by atoms with E-state index in [2.05, 4.69) is 9.97 Å². The van der Waals surface area contributed by atoms with E-state index in [9.17, 15) is 0 Å². The fourth-order valence-corrected chi connectivity index (χ4v) is 2.97. The average molecular weight is 390 g/mol. The van der Waals surface area contributed by atoms with Gasteiger partial charge in [-0.2, -0.15) is 0 Å². The first kappa shape index (κ1) is 16.7. The molecule has 0 radical (unpaired) electrons. The summed E-state index contributed by atoms with van der Waals surface area (Å²) in [5.41, 5.74) is 1.67. The maximum absolute atomic E-state index is 6.06. The minimum atomic E-state index is 0.498. The van der Waals surface area contributed by atoms with Crippen molar-refractivity contribution >= 4 is 57.4 Å². The zero-order valence-corrected chi connectivity index (χ0v) is 14.9. The van der Waals surface area contributed by atoms with Crippen LogP contribution in [0.4, 0.5) is 0 Å². The van der Waals surface area contributed by atoms with Gasteiger partial charge in [0.05, 0.1) is 32.7 Å². The van der Waals surface area contributed by atoms with Crippen LogP contribution in [-0.2, 0) is 6.42 Å². The Bertz CT molecular complexity index is 808. The van der Waals surface area contributed by atoms with Crippen LogP contribution in [0.3, 0.4) is 0 Å². The average Bonchev–Trinajstić information content (AvgIpc) is 2.87. The summed E-state index contributed by atoms with van der Waals surface area (Å²) in [6.07, 6.45) is 1.54. The molecule has 0 saturated carbocycles. The van der Waals surface area contributed by atoms with Crippen molar-refractivity contribution in [3.63, 3.8) is 0 Å². The second-order valence-corrected chi connectivity index (χ2v) is 6.65. The number of fused-ring (bicyclic) bond motifs is 1. The van der Waals surface area contributed by atoms with Gasteiger partial charge in [-0.1, -0.05) is 46.4 Å². The Balaban J connectivity index is 1.58. The molecule has 120 valence electrons. The number of hydrogen-bond acceptors (Lipinski definition) is 2. The molecule has 0 aliphatic carbocycles. The lowest BCUT2D eigenvalue weighted by molar-refractivity contribution is 0.310. The molecule has 3 rings (SSSR count). The topological polar surface area (TPSA) is 37.9 Å². The first-order valence-corrected chi connectivity index (χ1v) is 8.45. The lowest BCUT2D eigenvalue weighted by Crippen LogP contribution is -2.00. The van der Waals surface area contributed by atoms with E-state index in [1.807, 2.05) is 0 Å². The van der Waals surface area contributed by atoms with Gasteiger partial charge in [0.15, 0.2) is 0 Å². The predicted octanol–water partition coefficient (Wildman–Crippen LogP) is 6.19. The van der Waals surface area contributed by atoms with Crippen molar-refractivity contribution in [1.82, 2.24) is 9.97 Å². The van der Waals surface area contributed by atoms with Crippen LogP contribution in [0.2, 0.25) is 20.1 Å². The standard InChI is InChI=1S/C16H12Cl4N2O/c17-9-3-4-15(12(20)6-9)23-5-1-2-16-21-13-7-10(18)11(19)8-14(13)22-16/h3-4,6-8H,1-2,5H2,(H,21,22). The molecule has 23 heavy (non-hydrogen) atoms. The summed E-state index contributed by atoms with van der Waals surface area (Å²) in [4.78, 5) is 7.72. The smallest absolute Gasteiger partial charge is 0.137 e. The van der Waals surface area contributed by atoms with E-state index in [0.717, 1.165) is 29.7 Å². The molecule has 0 bridgehead atoms. The second-order valence-electron chi connectivity index (χ2n) is 4.99. The normalized spacial score (nSPS) is 11.1. The Morgan fingerprint density at radius 3 is 2.52 bits per heavy atom. The number of aryl methyl sites for hydroxylation is 1. The zero-order chi connectivity index (χ0) is 16.4. The van der Waals surface area contributed by atoms with Gasteiger partial charge in [-0.25, -0.2) is 4.98 Å². The Labute approximate surface area is 153 Å². The number of rotatable bonds is 5. The molecule has 0 aliphatic rings. The number of imidazole rings is 1. The highest BCUT2D eigenvalue weighted by Gasteiger charge is 2.07. The number of ether oxygens (including phenoxy) is 1. The quantitative estimate of drug-likeness (QED) is 0.528. The van der Waals surface area contributed by atoms with Gasteiger partial charge in [0.2, 0.25) is 0 Å². The molecule has 0 fully saturated rings. The minimum Gasteiger partial charge on any atom is -0.492 e. The van der Waals surface area contributed by atoms with E-state index >= 15 is 0 Å². The van der Waals surface area contributed by atoms with Gasteiger partial charge in [0, 0.05) is 11.4 Å². The zero-order valence-electron chi connectivity index (χ0n) is 11.9. The van der Waals surface area contributed by atoms with Gasteiger partial charge in [-0.05, 0) is 36.8 Å². The van der Waals surface area contributed by atoms with Crippen molar-refractivity contribution in [3.05, 3.63) is 56.2 Å². The largest absolute Gasteiger partial charge is 0.492 e. The molecule has 1 heterocycles. The number of benzene rings is 2. The Kier molecular flexibility index (Phi) is 5.22. The molecule has 3 aromatic rings. The van der Waals surface area contributed by atoms with Gasteiger partial charge in [-0.3, -0.25) is 0 Å². The van der Waals surface area contributed by atoms with E-state index in [0.29, 0.717) is 32.4 Å². The van der Waals surface area contributed by atoms with Crippen molar-refractivity contribution in [3.8, 4) is 5.75 Å². The monoisotopic (exact) mass is 388 g/mol. The first-order chi connectivity index (χ1) is 11.0. The van der Waals surface area contributed by atoms with Crippen molar-refractivity contribution < 1.29 is 4.74 Å². The molecule has 7 heteroatoms. The van der Waals surface area contributed by atoms with Crippen molar-refractivity contribution in [2.75, 3.05) is 6.61 Å². The van der Waals surface area contributed by atoms with Gasteiger partial charge in [-0.15, -0.1) is 0 Å². The lowest BCUT2D eigenvalue weighted by atomic mass is 10.3. The first-order valence-electron chi connectivity index (χ1n) is 6.94. The second kappa shape index (κ2) is 7.18. The number of aromatic nitrogens is 2. The highest BCUT2D eigenvalue weighted by Crippen LogP contribution is 2.28. The summed E-state index contributed by atoms with van der Waals surface area (Å²) >= 11 is 23.9. The van der Waals surface area contributed by atoms with Gasteiger partial charge in [0.1, 0.15) is 11.6 Å². The molecule has 0 amide bonds. The van der Waals surface area contributed by atoms with Crippen LogP contribution < -0.4 is 4.74 Å². The van der Waals surface area contributed by atoms with Crippen LogP contribution in [0.5, 0.6) is 5.75 Å². The number of halogens is 4. The summed E-state index contributed by atoms with van der Waals surface area (Å²) in [6.45, 7) is 0.528. The molecule has 0 spiro atoms. The fraction of sp³-hybridized carbons (Fsp3) is 0.188. The van der Waals surface area contributed by atoms with Crippen LogP contribution in [0.25, 0.3) is 11.0 Å². The maximum atomic E-state index is 6.06. The van der Waals surface area contributed by atoms with E-state index < -0.39 is 0 Å². The van der Waals surface area contributed by atoms with E-state index in [4.69, 9.17) is 51.1 Å². The molecule has 1 aromatic heterocycles. The highest BCUT2D eigenvalue weighted by atomic mass is 35.5. The number of nitrogens with zero attached hydrogens (tertiary/aromatic N) is 1. The van der Waals surface area contributed by atoms with Crippen LogP contribution in [-0.4, -0.2) is 16.6 Å². The van der Waals surface area contributed by atoms with Crippen LogP contribution in [0.15, 0.2) is 30.3 Å². The molecule has 1 N–H and O–H groups in total. The van der Waals surface area contributed by atoms with E-state index in [1.54, 1.807) is 30.3 Å². The van der Waals surface area contributed by atoms with Gasteiger partial charge in [0.25, 0.3) is 0 Å². The van der Waals surface area contributed by atoms with Gasteiger partial charge >= 0.3 is 0 Å². The SMILES string of the molecule is Clc1ccc(OCCCc2nc3cc(Cl)c(Cl)cc3[nH]2)c(Cl)c1. The summed E-state index contributed by atoms with van der Waals surface area (Å²) < 4.78 is 5.65. The summed E-state index contributed by atoms with van der Waals surface area (Å²) in [5.74, 6) is 1.49. The Hall–Kier alpha value is -1.13. The molecular weight excluding hydrogens is 378 g/mol. The van der Waals surface area contributed by atoms with E-state index in [1.165, 1.54) is 0 Å². The molecule has 3 nitrogen and oxygen atoms in total. The molecule has 0 atom stereocenters. The van der Waals surface area contributed by atoms with Crippen LogP contribution in [0.1, 0.15) is 12.2 Å². The van der Waals surface area contributed by atoms with Crippen molar-refractivity contribution in [2.24, 2.45) is 0 Å². The predicted molar refractivity (Wildman–Crippen MR) is 96.4 cm³/mol. The van der Waals surface area contributed by atoms with Crippen molar-refractivity contribution in [1.29, 1.82) is 0 Å². The van der Waals surface area contributed by atoms with Crippen molar-refractivity contribution in [2.45, 2.75) is 12.8 Å². The fourth-order valence-electron chi connectivity index (χ4n) is 2.19. The Morgan fingerprint density at radius 1 is 0.957 bits per heavy atom. The third-order valence-electron chi connectivity index (χ3n) is 3.28. The third-order valence-corrected chi connectivity index (χ3v) is 4.54. The summed E-state index contributed by atoms with van der Waals surface area (Å²) in [7, 11) is 0. The number of aromatic amines is 1. The maximum Gasteiger partial charge on any atom is 0.137 e. The third kappa shape index (κ3) is 4.04. The minimum absolute atomic E-state index is 0.498. The molecule has 2 aromatic carbocycles. The van der Waals surface area contributed by atoms with E-state index in [-0.39, 0.29) is 0 Å². The molecule has 0 saturated heterocycles. The lowest BCUT2D eigenvalue weighted by Gasteiger charge is -2.07. The summed E-state index contributed by atoms with van der Waals surface area (Å²) in [5, 5.41) is 2.10. The number of hydrogen-bond donors (Lipinski definition) is 1. The molecular formula is C16H12Cl4N2O. The molecule has 0 aliphatic heterocycles. The molecule has 0 unspecified atom stereocenters. The number of nitrogens with one attached hydrogen (secondary N) is 1. The van der Waals surface area contributed by atoms with Gasteiger partial charge < -0.3 is 9.72 Å².